The van der Waals surface area contributed by atoms with Crippen molar-refractivity contribution in [2.24, 2.45) is 16.6 Å². The number of nitrogens with two attached hydrogens (primary N) is 1. The molecule has 0 aromatic heterocycles. The van der Waals surface area contributed by atoms with Crippen LogP contribution in [0.2, 0.25) is 0 Å². The molecule has 1 atom stereocenters. The van der Waals surface area contributed by atoms with E-state index in [2.05, 4.69) is 27.6 Å². The van der Waals surface area contributed by atoms with Crippen molar-refractivity contribution in [3.05, 3.63) is 35.6 Å². The van der Waals surface area contributed by atoms with Crippen molar-refractivity contribution in [3.63, 3.8) is 0 Å². The average molecular weight is 381 g/mol. The molecule has 7 nitrogen and oxygen atoms in total. The molecule has 1 unspecified atom stereocenters. The highest BCUT2D eigenvalue weighted by Crippen LogP contribution is 2.09. The number of carbonyl (C=O) groups is 1. The molecule has 0 fully saturated rings. The first-order valence-electron chi connectivity index (χ1n) is 9.12. The second-order valence-electron chi connectivity index (χ2n) is 6.46. The van der Waals surface area contributed by atoms with Gasteiger partial charge in [-0.05, 0) is 37.6 Å². The van der Waals surface area contributed by atoms with Crippen molar-refractivity contribution in [1.82, 2.24) is 15.5 Å². The van der Waals surface area contributed by atoms with Gasteiger partial charge in [0.1, 0.15) is 5.82 Å². The third kappa shape index (κ3) is 9.91. The maximum absolute atomic E-state index is 13.0. The molecule has 0 saturated carbocycles. The topological polar surface area (TPSA) is 92.0 Å². The normalized spacial score (nSPS) is 12.9. The zero-order chi connectivity index (χ0) is 20.1. The zero-order valence-corrected chi connectivity index (χ0v) is 16.5. The summed E-state index contributed by atoms with van der Waals surface area (Å²) in [5.41, 5.74) is 6.37. The summed E-state index contributed by atoms with van der Waals surface area (Å²) in [6, 6.07) is 6.09. The molecule has 0 saturated heterocycles. The second kappa shape index (κ2) is 13.1. The Bertz CT molecular complexity index is 580. The minimum atomic E-state index is -0.411. The van der Waals surface area contributed by atoms with Crippen molar-refractivity contribution in [2.45, 2.75) is 12.8 Å². The molecule has 1 aromatic rings. The first-order valence-corrected chi connectivity index (χ1v) is 9.12. The van der Waals surface area contributed by atoms with Gasteiger partial charge in [0.05, 0.1) is 5.92 Å². The van der Waals surface area contributed by atoms with Gasteiger partial charge in [0, 0.05) is 46.9 Å². The minimum absolute atomic E-state index is 0.302. The van der Waals surface area contributed by atoms with E-state index in [4.69, 9.17) is 10.5 Å². The number of aliphatic imine (C=N–C) groups is 1. The largest absolute Gasteiger partial charge is 0.385 e. The number of hydrogen-bond donors (Lipinski definition) is 3. The highest BCUT2D eigenvalue weighted by atomic mass is 19.1. The molecule has 152 valence electrons. The Kier molecular flexibility index (Phi) is 11.0. The number of ether oxygens (including phenoxy) is 1. The van der Waals surface area contributed by atoms with Gasteiger partial charge in [-0.2, -0.15) is 0 Å². The number of hydrogen-bond acceptors (Lipinski definition) is 4. The Hall–Kier alpha value is -2.19. The molecule has 0 heterocycles. The summed E-state index contributed by atoms with van der Waals surface area (Å²) in [7, 11) is 5.43. The average Bonchev–Trinajstić information content (AvgIpc) is 2.64. The van der Waals surface area contributed by atoms with Crippen molar-refractivity contribution in [3.8, 4) is 0 Å². The van der Waals surface area contributed by atoms with E-state index in [1.807, 2.05) is 0 Å². The fraction of sp³-hybridized carbons (Fsp3) is 0.579. The van der Waals surface area contributed by atoms with Crippen LogP contribution in [0.1, 0.15) is 12.0 Å². The summed E-state index contributed by atoms with van der Waals surface area (Å²) in [6.45, 7) is 3.66. The maximum Gasteiger partial charge on any atom is 0.222 e. The van der Waals surface area contributed by atoms with E-state index >= 15 is 0 Å². The Labute approximate surface area is 161 Å². The number of likely N-dealkylation sites (N-methyl/N-ethyl adjacent to an activating group) is 1. The van der Waals surface area contributed by atoms with Gasteiger partial charge in [0.25, 0.3) is 0 Å². The summed E-state index contributed by atoms with van der Waals surface area (Å²) < 4.78 is 18.1. The van der Waals surface area contributed by atoms with Crippen molar-refractivity contribution >= 4 is 11.9 Å². The van der Waals surface area contributed by atoms with Crippen LogP contribution in [0.3, 0.4) is 0 Å². The molecule has 0 spiro atoms. The van der Waals surface area contributed by atoms with E-state index in [-0.39, 0.29) is 5.82 Å². The van der Waals surface area contributed by atoms with Gasteiger partial charge in [0.15, 0.2) is 5.96 Å². The molecular weight excluding hydrogens is 349 g/mol. The number of halogens is 1. The van der Waals surface area contributed by atoms with E-state index in [0.29, 0.717) is 18.9 Å². The predicted octanol–water partition coefficient (Wildman–Crippen LogP) is 0.603. The van der Waals surface area contributed by atoms with Crippen LogP contribution in [-0.2, 0) is 16.0 Å². The zero-order valence-electron chi connectivity index (χ0n) is 16.5. The van der Waals surface area contributed by atoms with E-state index in [1.54, 1.807) is 26.3 Å². The van der Waals surface area contributed by atoms with Crippen LogP contribution in [0.15, 0.2) is 29.3 Å². The molecule has 1 amide bonds. The van der Waals surface area contributed by atoms with Crippen LogP contribution < -0.4 is 16.4 Å². The molecule has 8 heteroatoms. The van der Waals surface area contributed by atoms with E-state index in [0.717, 1.165) is 38.2 Å². The van der Waals surface area contributed by atoms with Gasteiger partial charge in [-0.1, -0.05) is 12.1 Å². The number of amides is 1. The van der Waals surface area contributed by atoms with Crippen LogP contribution in [-0.4, -0.2) is 70.8 Å². The first kappa shape index (κ1) is 22.9. The number of methoxy groups -OCH3 is 1. The lowest BCUT2D eigenvalue weighted by atomic mass is 9.98. The van der Waals surface area contributed by atoms with E-state index in [9.17, 15) is 9.18 Å². The highest BCUT2D eigenvalue weighted by Gasteiger charge is 2.16. The molecule has 4 N–H and O–H groups in total. The third-order valence-corrected chi connectivity index (χ3v) is 4.21. The molecule has 0 aliphatic rings. The number of guanidine groups is 1. The van der Waals surface area contributed by atoms with E-state index in [1.165, 1.54) is 12.1 Å². The number of benzene rings is 1. The smallest absolute Gasteiger partial charge is 0.222 e. The Morgan fingerprint density at radius 3 is 2.59 bits per heavy atom. The van der Waals surface area contributed by atoms with Gasteiger partial charge >= 0.3 is 0 Å². The summed E-state index contributed by atoms with van der Waals surface area (Å²) in [5, 5.41) is 6.35. The quantitative estimate of drug-likeness (QED) is 0.280. The predicted molar refractivity (Wildman–Crippen MR) is 106 cm³/mol. The Morgan fingerprint density at radius 2 is 2.00 bits per heavy atom. The number of primary amides is 1. The summed E-state index contributed by atoms with van der Waals surface area (Å²) >= 11 is 0. The summed E-state index contributed by atoms with van der Waals surface area (Å²) in [6.07, 6.45) is 1.44. The molecule has 1 rings (SSSR count). The molecule has 0 radical (unpaired) electrons. The molecule has 1 aromatic carbocycles. The SMILES string of the molecule is CN=C(NCCN(C)CCCOC)NCC(Cc1ccc(F)cc1)C(N)=O. The lowest BCUT2D eigenvalue weighted by Crippen LogP contribution is -2.45. The lowest BCUT2D eigenvalue weighted by Gasteiger charge is -2.19. The highest BCUT2D eigenvalue weighted by molar-refractivity contribution is 5.81. The van der Waals surface area contributed by atoms with Crippen molar-refractivity contribution in [2.75, 3.05) is 54.0 Å². The van der Waals surface area contributed by atoms with Crippen LogP contribution in [0.5, 0.6) is 0 Å². The fourth-order valence-electron chi connectivity index (χ4n) is 2.57. The third-order valence-electron chi connectivity index (χ3n) is 4.21. The van der Waals surface area contributed by atoms with Crippen molar-refractivity contribution in [1.29, 1.82) is 0 Å². The Morgan fingerprint density at radius 1 is 1.30 bits per heavy atom. The van der Waals surface area contributed by atoms with Crippen LogP contribution in [0.4, 0.5) is 4.39 Å². The van der Waals surface area contributed by atoms with Gasteiger partial charge in [0.2, 0.25) is 5.91 Å². The van der Waals surface area contributed by atoms with Crippen LogP contribution in [0.25, 0.3) is 0 Å². The first-order chi connectivity index (χ1) is 13.0. The lowest BCUT2D eigenvalue weighted by molar-refractivity contribution is -0.121. The minimum Gasteiger partial charge on any atom is -0.385 e. The maximum atomic E-state index is 13.0. The second-order valence-corrected chi connectivity index (χ2v) is 6.46. The Balaban J connectivity index is 2.39. The number of nitrogens with one attached hydrogen (secondary N) is 2. The molecule has 0 aliphatic heterocycles. The fourth-order valence-corrected chi connectivity index (χ4v) is 2.57. The molecule has 0 bridgehead atoms. The molecular formula is C19H32FN5O2. The van der Waals surface area contributed by atoms with Gasteiger partial charge in [-0.25, -0.2) is 4.39 Å². The van der Waals surface area contributed by atoms with Gasteiger partial charge in [-0.15, -0.1) is 0 Å². The standard InChI is InChI=1S/C19H32FN5O2/c1-22-19(23-9-11-25(2)10-4-12-27-3)24-14-16(18(21)26)13-15-5-7-17(20)8-6-15/h5-8,16H,4,9-14H2,1-3H3,(H2,21,26)(H2,22,23,24). The number of rotatable bonds is 12. The summed E-state index contributed by atoms with van der Waals surface area (Å²) in [5.74, 6) is -0.499. The van der Waals surface area contributed by atoms with Crippen LogP contribution >= 0.6 is 0 Å². The molecule has 27 heavy (non-hydrogen) atoms. The number of carbonyl (C=O) groups excluding carboxylic acids is 1. The van der Waals surface area contributed by atoms with E-state index < -0.39 is 11.8 Å². The van der Waals surface area contributed by atoms with Crippen LogP contribution in [0, 0.1) is 11.7 Å². The summed E-state index contributed by atoms with van der Waals surface area (Å²) in [4.78, 5) is 18.1. The van der Waals surface area contributed by atoms with Gasteiger partial charge in [-0.3, -0.25) is 9.79 Å². The van der Waals surface area contributed by atoms with Crippen molar-refractivity contribution < 1.29 is 13.9 Å². The monoisotopic (exact) mass is 381 g/mol. The van der Waals surface area contributed by atoms with Gasteiger partial charge < -0.3 is 26.0 Å². The number of nitrogens with zero attached hydrogens (tertiary/aromatic N) is 2. The molecule has 0 aliphatic carbocycles.